The number of nitrogens with two attached hydrogens (primary N) is 1. The number of rotatable bonds is 1. The van der Waals surface area contributed by atoms with Crippen molar-refractivity contribution in [3.05, 3.63) is 0 Å². The maximum atomic E-state index is 5.72. The van der Waals surface area contributed by atoms with Crippen molar-refractivity contribution < 1.29 is 0 Å². The van der Waals surface area contributed by atoms with E-state index in [0.717, 1.165) is 5.96 Å². The van der Waals surface area contributed by atoms with Crippen molar-refractivity contribution in [3.8, 4) is 0 Å². The molecule has 2 rings (SSSR count). The fourth-order valence-corrected chi connectivity index (χ4v) is 2.31. The summed E-state index contributed by atoms with van der Waals surface area (Å²) in [6.45, 7) is 0. The summed E-state index contributed by atoms with van der Waals surface area (Å²) < 4.78 is 0. The minimum Gasteiger partial charge on any atom is -0.370 e. The molecule has 4 N–H and O–H groups in total. The second-order valence-corrected chi connectivity index (χ2v) is 4.20. The molecule has 5 heteroatoms. The van der Waals surface area contributed by atoms with Gasteiger partial charge in [-0.25, -0.2) is 4.99 Å². The molecule has 1 heterocycles. The number of nitrogens with one attached hydrogen (secondary N) is 2. The van der Waals surface area contributed by atoms with Crippen molar-refractivity contribution in [2.45, 2.75) is 38.3 Å². The molecule has 2 aliphatic rings. The molecule has 1 aliphatic carbocycles. The Balaban J connectivity index is 2.04. The van der Waals surface area contributed by atoms with Gasteiger partial charge >= 0.3 is 0 Å². The molecule has 0 amide bonds. The summed E-state index contributed by atoms with van der Waals surface area (Å²) in [7, 11) is 1.74. The van der Waals surface area contributed by atoms with E-state index in [1.165, 1.54) is 32.1 Å². The number of hydrogen-bond donors (Lipinski definition) is 3. The molecule has 5 nitrogen and oxygen atoms in total. The number of aliphatic imine (C=N–C) groups is 2. The van der Waals surface area contributed by atoms with Gasteiger partial charge < -0.3 is 11.1 Å². The van der Waals surface area contributed by atoms with Crippen LogP contribution in [0.3, 0.4) is 0 Å². The van der Waals surface area contributed by atoms with Crippen molar-refractivity contribution >= 4 is 11.9 Å². The molecule has 0 spiro atoms. The Morgan fingerprint density at radius 2 is 2.07 bits per heavy atom. The van der Waals surface area contributed by atoms with Crippen LogP contribution in [0.5, 0.6) is 0 Å². The number of guanidine groups is 2. The first-order chi connectivity index (χ1) is 7.29. The zero-order valence-corrected chi connectivity index (χ0v) is 9.16. The van der Waals surface area contributed by atoms with Gasteiger partial charge in [0.05, 0.1) is 0 Å². The topological polar surface area (TPSA) is 74.8 Å². The van der Waals surface area contributed by atoms with E-state index in [9.17, 15) is 0 Å². The van der Waals surface area contributed by atoms with E-state index in [-0.39, 0.29) is 6.17 Å². The summed E-state index contributed by atoms with van der Waals surface area (Å²) in [4.78, 5) is 8.47. The van der Waals surface area contributed by atoms with Gasteiger partial charge in [0.1, 0.15) is 6.17 Å². The van der Waals surface area contributed by atoms with E-state index in [2.05, 4.69) is 20.6 Å². The van der Waals surface area contributed by atoms with E-state index in [0.29, 0.717) is 11.9 Å². The van der Waals surface area contributed by atoms with Crippen LogP contribution in [-0.2, 0) is 0 Å². The monoisotopic (exact) mass is 209 g/mol. The number of nitrogens with zero attached hydrogens (tertiary/aromatic N) is 2. The third-order valence-electron chi connectivity index (χ3n) is 3.13. The van der Waals surface area contributed by atoms with Crippen LogP contribution in [-0.4, -0.2) is 25.1 Å². The average Bonchev–Trinajstić information content (AvgIpc) is 2.29. The molecule has 15 heavy (non-hydrogen) atoms. The Kier molecular flexibility index (Phi) is 3.08. The quantitative estimate of drug-likeness (QED) is 0.584. The van der Waals surface area contributed by atoms with Crippen molar-refractivity contribution in [2.24, 2.45) is 21.6 Å². The first-order valence-electron chi connectivity index (χ1n) is 5.63. The molecule has 1 atom stereocenters. The van der Waals surface area contributed by atoms with Crippen molar-refractivity contribution in [1.82, 2.24) is 10.6 Å². The van der Waals surface area contributed by atoms with Crippen LogP contribution in [0.15, 0.2) is 9.98 Å². The van der Waals surface area contributed by atoms with Crippen LogP contribution >= 0.6 is 0 Å². The summed E-state index contributed by atoms with van der Waals surface area (Å²) in [6.07, 6.45) is 6.58. The van der Waals surface area contributed by atoms with E-state index in [1.54, 1.807) is 7.05 Å². The minimum absolute atomic E-state index is 0.116. The van der Waals surface area contributed by atoms with E-state index >= 15 is 0 Å². The average molecular weight is 209 g/mol. The minimum atomic E-state index is 0.116. The zero-order chi connectivity index (χ0) is 10.7. The SMILES string of the molecule is CN=C1NC(N)=NC(C2CCCCC2)N1. The molecule has 0 radical (unpaired) electrons. The maximum Gasteiger partial charge on any atom is 0.199 e. The van der Waals surface area contributed by atoms with Crippen LogP contribution < -0.4 is 16.4 Å². The fraction of sp³-hybridized carbons (Fsp3) is 0.800. The fourth-order valence-electron chi connectivity index (χ4n) is 2.31. The third-order valence-corrected chi connectivity index (χ3v) is 3.13. The summed E-state index contributed by atoms with van der Waals surface area (Å²) in [5.74, 6) is 1.82. The van der Waals surface area contributed by atoms with Crippen LogP contribution in [0, 0.1) is 5.92 Å². The summed E-state index contributed by atoms with van der Waals surface area (Å²) >= 11 is 0. The summed E-state index contributed by atoms with van der Waals surface area (Å²) in [5, 5.41) is 6.18. The van der Waals surface area contributed by atoms with Gasteiger partial charge in [0.25, 0.3) is 0 Å². The van der Waals surface area contributed by atoms with E-state index < -0.39 is 0 Å². The molecule has 0 aromatic heterocycles. The third kappa shape index (κ3) is 2.40. The summed E-state index contributed by atoms with van der Waals surface area (Å²) in [6, 6.07) is 0. The second-order valence-electron chi connectivity index (χ2n) is 4.20. The standard InChI is InChI=1S/C10H19N5/c1-12-10-14-8(13-9(11)15-10)7-5-3-2-4-6-7/h7-8H,2-6H2,1H3,(H4,11,12,13,14,15). The molecule has 1 fully saturated rings. The molecular formula is C10H19N5. The Morgan fingerprint density at radius 1 is 1.33 bits per heavy atom. The zero-order valence-electron chi connectivity index (χ0n) is 9.16. The maximum absolute atomic E-state index is 5.72. The Labute approximate surface area is 90.2 Å². The lowest BCUT2D eigenvalue weighted by molar-refractivity contribution is 0.291. The predicted molar refractivity (Wildman–Crippen MR) is 61.6 cm³/mol. The highest BCUT2D eigenvalue weighted by Gasteiger charge is 2.26. The van der Waals surface area contributed by atoms with Gasteiger partial charge in [0, 0.05) is 7.05 Å². The van der Waals surface area contributed by atoms with E-state index in [4.69, 9.17) is 5.73 Å². The lowest BCUT2D eigenvalue weighted by atomic mass is 9.87. The second kappa shape index (κ2) is 4.51. The molecule has 0 aromatic carbocycles. The Hall–Kier alpha value is -1.26. The van der Waals surface area contributed by atoms with Crippen LogP contribution in [0.1, 0.15) is 32.1 Å². The summed E-state index contributed by atoms with van der Waals surface area (Å²) in [5.41, 5.74) is 5.72. The molecule has 84 valence electrons. The molecule has 1 aliphatic heterocycles. The molecule has 0 saturated heterocycles. The van der Waals surface area contributed by atoms with Crippen molar-refractivity contribution in [2.75, 3.05) is 7.05 Å². The molecule has 0 aromatic rings. The van der Waals surface area contributed by atoms with Gasteiger partial charge in [-0.3, -0.25) is 10.3 Å². The van der Waals surface area contributed by atoms with Gasteiger partial charge in [-0.15, -0.1) is 0 Å². The largest absolute Gasteiger partial charge is 0.370 e. The lowest BCUT2D eigenvalue weighted by Gasteiger charge is -2.32. The predicted octanol–water partition coefficient (Wildman–Crippen LogP) is 0.386. The van der Waals surface area contributed by atoms with E-state index in [1.807, 2.05) is 0 Å². The van der Waals surface area contributed by atoms with Gasteiger partial charge in [-0.2, -0.15) is 0 Å². The lowest BCUT2D eigenvalue weighted by Crippen LogP contribution is -2.55. The highest BCUT2D eigenvalue weighted by Crippen LogP contribution is 2.27. The molecular weight excluding hydrogens is 190 g/mol. The molecule has 0 bridgehead atoms. The highest BCUT2D eigenvalue weighted by atomic mass is 15.3. The van der Waals surface area contributed by atoms with Crippen molar-refractivity contribution in [1.29, 1.82) is 0 Å². The Bertz CT molecular complexity index is 278. The first-order valence-corrected chi connectivity index (χ1v) is 5.63. The highest BCUT2D eigenvalue weighted by molar-refractivity contribution is 5.99. The van der Waals surface area contributed by atoms with Gasteiger partial charge in [-0.05, 0) is 18.8 Å². The molecule has 1 unspecified atom stereocenters. The van der Waals surface area contributed by atoms with Crippen LogP contribution in [0.25, 0.3) is 0 Å². The van der Waals surface area contributed by atoms with Gasteiger partial charge in [-0.1, -0.05) is 19.3 Å². The van der Waals surface area contributed by atoms with Gasteiger partial charge in [0.15, 0.2) is 11.9 Å². The Morgan fingerprint density at radius 3 is 2.73 bits per heavy atom. The number of hydrogen-bond acceptors (Lipinski definition) is 3. The van der Waals surface area contributed by atoms with Crippen LogP contribution in [0.4, 0.5) is 0 Å². The smallest absolute Gasteiger partial charge is 0.199 e. The molecule has 1 saturated carbocycles. The van der Waals surface area contributed by atoms with Crippen molar-refractivity contribution in [3.63, 3.8) is 0 Å². The first kappa shape index (κ1) is 10.3. The normalized spacial score (nSPS) is 30.6. The van der Waals surface area contributed by atoms with Gasteiger partial charge in [0.2, 0.25) is 0 Å². The van der Waals surface area contributed by atoms with Crippen LogP contribution in [0.2, 0.25) is 0 Å².